The molecular weight excluding hydrogens is 533 g/mol. The predicted octanol–water partition coefficient (Wildman–Crippen LogP) is 7.93. The minimum atomic E-state index is -1.77. The summed E-state index contributed by atoms with van der Waals surface area (Å²) < 4.78 is 12.9. The van der Waals surface area contributed by atoms with Crippen molar-refractivity contribution in [3.8, 4) is 22.6 Å². The highest BCUT2D eigenvalue weighted by atomic mass is 35.5. The van der Waals surface area contributed by atoms with Gasteiger partial charge >= 0.3 is 5.79 Å². The van der Waals surface area contributed by atoms with Gasteiger partial charge in [0.1, 0.15) is 29.1 Å². The molecule has 0 aliphatic heterocycles. The SMILES string of the molecule is CC(=O)CC(C)C(O)C(Oc1ccc(-c2ccc(Cl)cc2)cc1)(Oc1ccc(Cl)cc1Cl)c1ccc[nH]1. The Labute approximate surface area is 230 Å². The monoisotopic (exact) mass is 557 g/mol. The molecule has 5 nitrogen and oxygen atoms in total. The van der Waals surface area contributed by atoms with Gasteiger partial charge in [0, 0.05) is 22.7 Å². The zero-order valence-electron chi connectivity index (χ0n) is 20.3. The van der Waals surface area contributed by atoms with Crippen molar-refractivity contribution in [2.45, 2.75) is 32.2 Å². The number of benzene rings is 3. The molecule has 3 aromatic carbocycles. The van der Waals surface area contributed by atoms with E-state index in [9.17, 15) is 9.90 Å². The number of aromatic amines is 1. The number of carbonyl (C=O) groups is 1. The first-order valence-electron chi connectivity index (χ1n) is 11.7. The summed E-state index contributed by atoms with van der Waals surface area (Å²) in [5.74, 6) is -1.65. The molecule has 4 rings (SSSR count). The Bertz CT molecular complexity index is 1340. The molecule has 0 saturated carbocycles. The van der Waals surface area contributed by atoms with Gasteiger partial charge in [-0.15, -0.1) is 0 Å². The van der Waals surface area contributed by atoms with Crippen LogP contribution < -0.4 is 9.47 Å². The molecule has 3 atom stereocenters. The fraction of sp³-hybridized carbons (Fsp3) is 0.207. The van der Waals surface area contributed by atoms with Gasteiger partial charge < -0.3 is 24.4 Å². The summed E-state index contributed by atoms with van der Waals surface area (Å²) in [4.78, 5) is 15.0. The Morgan fingerprint density at radius 1 is 0.919 bits per heavy atom. The quantitative estimate of drug-likeness (QED) is 0.194. The molecule has 0 fully saturated rings. The summed E-state index contributed by atoms with van der Waals surface area (Å²) in [5, 5.41) is 13.0. The van der Waals surface area contributed by atoms with Gasteiger partial charge in [0.2, 0.25) is 0 Å². The number of halogens is 3. The lowest BCUT2D eigenvalue weighted by Crippen LogP contribution is -2.53. The number of aliphatic hydroxyl groups excluding tert-OH is 1. The van der Waals surface area contributed by atoms with E-state index < -0.39 is 17.8 Å². The molecule has 2 N–H and O–H groups in total. The van der Waals surface area contributed by atoms with Crippen LogP contribution in [0.15, 0.2) is 85.1 Å². The number of rotatable bonds is 10. The third kappa shape index (κ3) is 6.31. The van der Waals surface area contributed by atoms with Gasteiger partial charge in [0.25, 0.3) is 0 Å². The van der Waals surface area contributed by atoms with Crippen molar-refractivity contribution in [2.24, 2.45) is 5.92 Å². The average Bonchev–Trinajstić information content (AvgIpc) is 3.41. The van der Waals surface area contributed by atoms with Crippen molar-refractivity contribution in [3.05, 3.63) is 106 Å². The van der Waals surface area contributed by atoms with Crippen LogP contribution in [0.4, 0.5) is 0 Å². The largest absolute Gasteiger partial charge is 0.445 e. The molecule has 0 spiro atoms. The van der Waals surface area contributed by atoms with E-state index in [0.717, 1.165) is 11.1 Å². The van der Waals surface area contributed by atoms with Gasteiger partial charge in [-0.05, 0) is 78.6 Å². The number of aliphatic hydroxyl groups is 1. The van der Waals surface area contributed by atoms with E-state index in [2.05, 4.69) is 4.98 Å². The third-order valence-electron chi connectivity index (χ3n) is 5.97. The van der Waals surface area contributed by atoms with Gasteiger partial charge in [-0.2, -0.15) is 0 Å². The van der Waals surface area contributed by atoms with Crippen molar-refractivity contribution in [2.75, 3.05) is 0 Å². The Kier molecular flexibility index (Phi) is 8.50. The van der Waals surface area contributed by atoms with Gasteiger partial charge in [-0.25, -0.2) is 0 Å². The molecule has 8 heteroatoms. The number of hydrogen-bond donors (Lipinski definition) is 2. The molecule has 0 aliphatic carbocycles. The second-order valence-corrected chi connectivity index (χ2v) is 10.2. The van der Waals surface area contributed by atoms with Crippen LogP contribution in [0.2, 0.25) is 15.1 Å². The van der Waals surface area contributed by atoms with Crippen molar-refractivity contribution >= 4 is 40.6 Å². The summed E-state index contributed by atoms with van der Waals surface area (Å²) in [6.07, 6.45) is 0.560. The predicted molar refractivity (Wildman–Crippen MR) is 148 cm³/mol. The van der Waals surface area contributed by atoms with Crippen LogP contribution in [0.5, 0.6) is 11.5 Å². The van der Waals surface area contributed by atoms with Crippen molar-refractivity contribution in [1.29, 1.82) is 0 Å². The maximum Gasteiger partial charge on any atom is 0.319 e. The summed E-state index contributed by atoms with van der Waals surface area (Å²) >= 11 is 18.6. The number of H-pyrrole nitrogens is 1. The molecule has 4 aromatic rings. The first-order valence-corrected chi connectivity index (χ1v) is 12.8. The second kappa shape index (κ2) is 11.6. The first-order chi connectivity index (χ1) is 17.7. The first kappa shape index (κ1) is 27.1. The normalized spacial score (nSPS) is 14.4. The van der Waals surface area contributed by atoms with Crippen LogP contribution in [0.3, 0.4) is 0 Å². The number of carbonyl (C=O) groups excluding carboxylic acids is 1. The van der Waals surface area contributed by atoms with E-state index >= 15 is 0 Å². The van der Waals surface area contributed by atoms with Crippen LogP contribution in [-0.2, 0) is 10.6 Å². The summed E-state index contributed by atoms with van der Waals surface area (Å²) in [6.45, 7) is 3.25. The molecule has 192 valence electrons. The van der Waals surface area contributed by atoms with Crippen LogP contribution in [0.25, 0.3) is 11.1 Å². The van der Waals surface area contributed by atoms with Crippen LogP contribution in [0.1, 0.15) is 26.0 Å². The van der Waals surface area contributed by atoms with Gasteiger partial charge in [-0.3, -0.25) is 0 Å². The van der Waals surface area contributed by atoms with E-state index in [4.69, 9.17) is 44.3 Å². The zero-order valence-corrected chi connectivity index (χ0v) is 22.5. The van der Waals surface area contributed by atoms with Crippen molar-refractivity contribution in [3.63, 3.8) is 0 Å². The maximum absolute atomic E-state index is 11.9. The molecule has 1 aromatic heterocycles. The maximum atomic E-state index is 11.9. The number of Topliss-reactive ketones (excluding diaryl/α,β-unsaturated/α-hetero) is 1. The second-order valence-electron chi connectivity index (χ2n) is 8.89. The number of hydrogen-bond acceptors (Lipinski definition) is 4. The lowest BCUT2D eigenvalue weighted by atomic mass is 9.90. The van der Waals surface area contributed by atoms with Crippen LogP contribution in [-0.4, -0.2) is 22.0 Å². The zero-order chi connectivity index (χ0) is 26.6. The number of aromatic nitrogens is 1. The highest BCUT2D eigenvalue weighted by molar-refractivity contribution is 6.35. The Morgan fingerprint density at radius 3 is 2.11 bits per heavy atom. The summed E-state index contributed by atoms with van der Waals surface area (Å²) in [6, 6.07) is 23.2. The van der Waals surface area contributed by atoms with Gasteiger partial charge in [-0.1, -0.05) is 66.0 Å². The van der Waals surface area contributed by atoms with E-state index in [1.807, 2.05) is 36.4 Å². The molecule has 3 unspecified atom stereocenters. The minimum absolute atomic E-state index is 0.0659. The summed E-state index contributed by atoms with van der Waals surface area (Å²) in [5.41, 5.74) is 2.40. The molecule has 0 bridgehead atoms. The van der Waals surface area contributed by atoms with Gasteiger partial charge in [0.15, 0.2) is 0 Å². The van der Waals surface area contributed by atoms with E-state index in [1.54, 1.807) is 55.6 Å². The average molecular weight is 559 g/mol. The Hall–Kier alpha value is -2.96. The van der Waals surface area contributed by atoms with E-state index in [1.165, 1.54) is 6.92 Å². The van der Waals surface area contributed by atoms with Crippen LogP contribution in [0, 0.1) is 5.92 Å². The molecule has 0 radical (unpaired) electrons. The highest BCUT2D eigenvalue weighted by Crippen LogP contribution is 2.40. The summed E-state index contributed by atoms with van der Waals surface area (Å²) in [7, 11) is 0. The smallest absolute Gasteiger partial charge is 0.319 e. The highest BCUT2D eigenvalue weighted by Gasteiger charge is 2.49. The van der Waals surface area contributed by atoms with Gasteiger partial charge in [0.05, 0.1) is 5.02 Å². The number of ether oxygens (including phenoxy) is 2. The van der Waals surface area contributed by atoms with Crippen molar-refractivity contribution in [1.82, 2.24) is 4.98 Å². The van der Waals surface area contributed by atoms with E-state index in [0.29, 0.717) is 21.5 Å². The lowest BCUT2D eigenvalue weighted by Gasteiger charge is -2.40. The van der Waals surface area contributed by atoms with Crippen molar-refractivity contribution < 1.29 is 19.4 Å². The fourth-order valence-corrected chi connectivity index (χ4v) is 4.72. The molecule has 37 heavy (non-hydrogen) atoms. The standard InChI is InChI=1S/C29H26Cl3NO4/c1-18(16-19(2)34)28(35)29(27-4-3-15-33-27,37-26-14-11-23(31)17-25(26)32)36-24-12-7-21(8-13-24)20-5-9-22(30)10-6-20/h3-15,17-18,28,33,35H,16H2,1-2H3. The van der Waals surface area contributed by atoms with E-state index in [-0.39, 0.29) is 23.0 Å². The molecule has 1 heterocycles. The van der Waals surface area contributed by atoms with Crippen LogP contribution >= 0.6 is 34.8 Å². The molecule has 0 aliphatic rings. The Balaban J connectivity index is 1.77. The fourth-order valence-electron chi connectivity index (χ4n) is 4.15. The molecular formula is C29H26Cl3NO4. The number of nitrogens with one attached hydrogen (secondary N) is 1. The molecule has 0 amide bonds. The minimum Gasteiger partial charge on any atom is -0.445 e. The molecule has 0 saturated heterocycles. The Morgan fingerprint density at radius 2 is 1.54 bits per heavy atom. The topological polar surface area (TPSA) is 71.6 Å². The lowest BCUT2D eigenvalue weighted by molar-refractivity contribution is -0.211. The third-order valence-corrected chi connectivity index (χ3v) is 6.75. The number of ketones is 1.